The maximum Gasteiger partial charge on any atom is 0.270 e. The van der Waals surface area contributed by atoms with E-state index in [1.807, 2.05) is 0 Å². The molecule has 1 aliphatic rings. The molecule has 0 bridgehead atoms. The van der Waals surface area contributed by atoms with Crippen molar-refractivity contribution in [2.75, 3.05) is 18.4 Å². The first kappa shape index (κ1) is 26.1. The van der Waals surface area contributed by atoms with Gasteiger partial charge >= 0.3 is 0 Å². The quantitative estimate of drug-likeness (QED) is 0.215. The molecule has 13 nitrogen and oxygen atoms in total. The summed E-state index contributed by atoms with van der Waals surface area (Å²) >= 11 is 0. The number of non-ortho nitro benzene ring substituents is 1. The smallest absolute Gasteiger partial charge is 0.270 e. The highest BCUT2D eigenvalue weighted by atomic mass is 16.6. The van der Waals surface area contributed by atoms with Gasteiger partial charge in [-0.2, -0.15) is 0 Å². The van der Waals surface area contributed by atoms with Crippen molar-refractivity contribution in [3.8, 4) is 5.75 Å². The molecular weight excluding hydrogens is 472 g/mol. The van der Waals surface area contributed by atoms with Crippen LogP contribution in [0.4, 0.5) is 11.4 Å². The summed E-state index contributed by atoms with van der Waals surface area (Å²) in [5, 5.41) is 18.9. The molecule has 0 saturated carbocycles. The van der Waals surface area contributed by atoms with Gasteiger partial charge in [-0.1, -0.05) is 6.07 Å². The molecule has 3 rings (SSSR count). The molecule has 0 fully saturated rings. The summed E-state index contributed by atoms with van der Waals surface area (Å²) in [6, 6.07) is 6.88. The van der Waals surface area contributed by atoms with E-state index in [2.05, 4.69) is 16.0 Å². The summed E-state index contributed by atoms with van der Waals surface area (Å²) in [7, 11) is 0. The van der Waals surface area contributed by atoms with Crippen molar-refractivity contribution in [3.63, 3.8) is 0 Å². The monoisotopic (exact) mass is 498 g/mol. The normalized spacial score (nSPS) is 16.2. The number of anilines is 1. The van der Waals surface area contributed by atoms with E-state index >= 15 is 0 Å². The number of fused-ring (bicyclic) bond motifs is 2. The Kier molecular flexibility index (Phi) is 8.52. The van der Waals surface area contributed by atoms with E-state index in [1.165, 1.54) is 30.3 Å². The summed E-state index contributed by atoms with van der Waals surface area (Å²) in [4.78, 5) is 60.6. The molecule has 0 aromatic heterocycles. The lowest BCUT2D eigenvalue weighted by molar-refractivity contribution is -0.384. The van der Waals surface area contributed by atoms with Gasteiger partial charge in [0.1, 0.15) is 18.4 Å². The number of nitro benzene ring substituents is 1. The van der Waals surface area contributed by atoms with Crippen molar-refractivity contribution in [3.05, 3.63) is 63.2 Å². The number of hydrogen-bond acceptors (Lipinski definition) is 8. The number of nitrogens with two attached hydrogens (primary N) is 2. The van der Waals surface area contributed by atoms with E-state index in [4.69, 9.17) is 16.2 Å². The maximum absolute atomic E-state index is 13.1. The number of rotatable bonds is 6. The number of nitro groups is 1. The van der Waals surface area contributed by atoms with E-state index < -0.39 is 41.1 Å². The lowest BCUT2D eigenvalue weighted by atomic mass is 10.1. The van der Waals surface area contributed by atoms with Crippen LogP contribution in [0, 0.1) is 10.1 Å². The number of carbonyl (C=O) groups is 4. The number of nitrogens with zero attached hydrogens (tertiary/aromatic N) is 1. The molecular formula is C23H26N6O7. The number of unbranched alkanes of at least 4 members (excludes halogenated alkanes) is 1. The Labute approximate surface area is 205 Å². The van der Waals surface area contributed by atoms with Crippen molar-refractivity contribution in [2.24, 2.45) is 11.5 Å². The molecule has 190 valence electrons. The third-order valence-electron chi connectivity index (χ3n) is 5.46. The third-order valence-corrected chi connectivity index (χ3v) is 5.46. The maximum atomic E-state index is 13.1. The summed E-state index contributed by atoms with van der Waals surface area (Å²) in [5.74, 6) is -2.65. The van der Waals surface area contributed by atoms with Crippen molar-refractivity contribution < 1.29 is 28.8 Å². The summed E-state index contributed by atoms with van der Waals surface area (Å²) < 4.78 is 5.77. The SMILES string of the molecule is NCCCC[C@@H]1NC(=O)CNC(=O)c2cc([N+](=O)[O-])ccc2OCc2ccc(C(N)=O)cc2NC1=O. The van der Waals surface area contributed by atoms with E-state index in [0.29, 0.717) is 24.9 Å². The van der Waals surface area contributed by atoms with Gasteiger partial charge in [0.15, 0.2) is 0 Å². The fourth-order valence-corrected chi connectivity index (χ4v) is 3.54. The Morgan fingerprint density at radius 3 is 2.61 bits per heavy atom. The van der Waals surface area contributed by atoms with E-state index in [-0.39, 0.29) is 41.3 Å². The standard InChI is InChI=1S/C23H26N6O7/c24-8-2-1-3-17-23(33)28-18-9-13(21(25)31)4-5-14(18)12-36-19-7-6-15(29(34)35)10-16(19)22(32)26-11-20(30)27-17/h4-7,9-10,17H,1-3,8,11-12,24H2,(H2,25,31)(H,26,32)(H,27,30)(H,28,33)/t17-/m0/s1. The Bertz CT molecular complexity index is 1200. The zero-order chi connectivity index (χ0) is 26.2. The molecule has 36 heavy (non-hydrogen) atoms. The number of carbonyl (C=O) groups excluding carboxylic acids is 4. The number of benzene rings is 2. The lowest BCUT2D eigenvalue weighted by Gasteiger charge is -2.21. The van der Waals surface area contributed by atoms with Gasteiger partial charge in [0, 0.05) is 28.9 Å². The van der Waals surface area contributed by atoms with Gasteiger partial charge in [-0.3, -0.25) is 29.3 Å². The van der Waals surface area contributed by atoms with Crippen LogP contribution in [-0.4, -0.2) is 47.7 Å². The highest BCUT2D eigenvalue weighted by molar-refractivity contribution is 6.02. The summed E-state index contributed by atoms with van der Waals surface area (Å²) in [6.07, 6.45) is 1.46. The second-order valence-electron chi connectivity index (χ2n) is 8.04. The predicted molar refractivity (Wildman–Crippen MR) is 128 cm³/mol. The first-order valence-corrected chi connectivity index (χ1v) is 11.1. The first-order chi connectivity index (χ1) is 17.2. The molecule has 1 aliphatic heterocycles. The average Bonchev–Trinajstić information content (AvgIpc) is 2.85. The lowest BCUT2D eigenvalue weighted by Crippen LogP contribution is -2.47. The number of amides is 4. The number of primary amides is 1. The van der Waals surface area contributed by atoms with Crippen LogP contribution in [0.1, 0.15) is 45.5 Å². The molecule has 0 unspecified atom stereocenters. The zero-order valence-electron chi connectivity index (χ0n) is 19.2. The van der Waals surface area contributed by atoms with Crippen molar-refractivity contribution in [1.82, 2.24) is 10.6 Å². The Hall–Kier alpha value is -4.52. The van der Waals surface area contributed by atoms with Gasteiger partial charge in [0.05, 0.1) is 17.0 Å². The van der Waals surface area contributed by atoms with Crippen molar-refractivity contribution in [2.45, 2.75) is 31.9 Å². The van der Waals surface area contributed by atoms with Gasteiger partial charge in [0.2, 0.25) is 17.7 Å². The van der Waals surface area contributed by atoms with E-state index in [9.17, 15) is 29.3 Å². The predicted octanol–water partition coefficient (Wildman–Crippen LogP) is 0.568. The van der Waals surface area contributed by atoms with Gasteiger partial charge in [-0.25, -0.2) is 0 Å². The van der Waals surface area contributed by atoms with E-state index in [0.717, 1.165) is 6.07 Å². The number of ether oxygens (including phenoxy) is 1. The minimum atomic E-state index is -0.955. The van der Waals surface area contributed by atoms with Crippen LogP contribution in [0.2, 0.25) is 0 Å². The Balaban J connectivity index is 2.02. The fourth-order valence-electron chi connectivity index (χ4n) is 3.54. The summed E-state index contributed by atoms with van der Waals surface area (Å²) in [5.41, 5.74) is 11.2. The van der Waals surface area contributed by atoms with Gasteiger partial charge in [-0.05, 0) is 44.0 Å². The minimum Gasteiger partial charge on any atom is -0.488 e. The number of nitrogens with one attached hydrogen (secondary N) is 3. The van der Waals surface area contributed by atoms with Crippen LogP contribution in [0.3, 0.4) is 0 Å². The van der Waals surface area contributed by atoms with Crippen LogP contribution in [-0.2, 0) is 16.2 Å². The topological polar surface area (TPSA) is 209 Å². The molecule has 1 atom stereocenters. The van der Waals surface area contributed by atoms with E-state index in [1.54, 1.807) is 0 Å². The van der Waals surface area contributed by atoms with Crippen LogP contribution in [0.25, 0.3) is 0 Å². The molecule has 0 saturated heterocycles. The zero-order valence-corrected chi connectivity index (χ0v) is 19.2. The van der Waals surface area contributed by atoms with Crippen LogP contribution < -0.4 is 32.2 Å². The van der Waals surface area contributed by atoms with Gasteiger partial charge in [0.25, 0.3) is 11.6 Å². The number of hydrogen-bond donors (Lipinski definition) is 5. The largest absolute Gasteiger partial charge is 0.488 e. The second-order valence-corrected chi connectivity index (χ2v) is 8.04. The minimum absolute atomic E-state index is 0.0199. The highest BCUT2D eigenvalue weighted by Crippen LogP contribution is 2.27. The molecule has 1 heterocycles. The molecule has 2 aromatic rings. The second kappa shape index (κ2) is 11.8. The van der Waals surface area contributed by atoms with Crippen LogP contribution in [0.5, 0.6) is 5.75 Å². The average molecular weight is 498 g/mol. The van der Waals surface area contributed by atoms with Crippen molar-refractivity contribution in [1.29, 1.82) is 0 Å². The molecule has 0 aliphatic carbocycles. The molecule has 4 amide bonds. The first-order valence-electron chi connectivity index (χ1n) is 11.1. The van der Waals surface area contributed by atoms with Crippen LogP contribution >= 0.6 is 0 Å². The van der Waals surface area contributed by atoms with Crippen molar-refractivity contribution >= 4 is 35.0 Å². The molecule has 0 spiro atoms. The third kappa shape index (κ3) is 6.54. The highest BCUT2D eigenvalue weighted by Gasteiger charge is 2.24. The van der Waals surface area contributed by atoms with Gasteiger partial charge < -0.3 is 32.2 Å². The van der Waals surface area contributed by atoms with Crippen LogP contribution in [0.15, 0.2) is 36.4 Å². The molecule has 7 N–H and O–H groups in total. The molecule has 2 aromatic carbocycles. The Morgan fingerprint density at radius 1 is 1.14 bits per heavy atom. The Morgan fingerprint density at radius 2 is 1.92 bits per heavy atom. The summed E-state index contributed by atoms with van der Waals surface area (Å²) in [6.45, 7) is -0.229. The fraction of sp³-hybridized carbons (Fsp3) is 0.304. The van der Waals surface area contributed by atoms with Gasteiger partial charge in [-0.15, -0.1) is 0 Å². The molecule has 13 heteroatoms. The molecule has 0 radical (unpaired) electrons.